The van der Waals surface area contributed by atoms with Gasteiger partial charge in [-0.2, -0.15) is 0 Å². The van der Waals surface area contributed by atoms with Crippen molar-refractivity contribution >= 4 is 17.7 Å². The Morgan fingerprint density at radius 3 is 2.83 bits per heavy atom. The molecule has 0 aliphatic carbocycles. The van der Waals surface area contributed by atoms with Crippen LogP contribution >= 0.6 is 0 Å². The minimum absolute atomic E-state index is 0.00607. The third-order valence-electron chi connectivity index (χ3n) is 6.90. The Balaban J connectivity index is 1.59. The number of carbonyl (C=O) groups excluding carboxylic acids is 2. The van der Waals surface area contributed by atoms with Crippen LogP contribution in [0.4, 0.5) is 0 Å². The van der Waals surface area contributed by atoms with Crippen LogP contribution in [0.25, 0.3) is 0 Å². The summed E-state index contributed by atoms with van der Waals surface area (Å²) in [5, 5.41) is 9.16. The maximum absolute atomic E-state index is 12.8. The SMILES string of the molecule is CCC1C2C3=C[CH+]C(C(=O)CC(C)C(=O)O)[NH+]3CCCC2OC12C=C(C)C(=O)O2. The Morgan fingerprint density at radius 2 is 2.21 bits per heavy atom. The second-order valence-corrected chi connectivity index (χ2v) is 8.75. The van der Waals surface area contributed by atoms with Gasteiger partial charge in [0.05, 0.1) is 24.5 Å². The fourth-order valence-electron chi connectivity index (χ4n) is 5.50. The van der Waals surface area contributed by atoms with Gasteiger partial charge in [0.15, 0.2) is 6.08 Å². The first-order chi connectivity index (χ1) is 13.8. The molecule has 0 amide bonds. The van der Waals surface area contributed by atoms with Gasteiger partial charge in [-0.1, -0.05) is 13.8 Å². The van der Waals surface area contributed by atoms with E-state index in [2.05, 4.69) is 6.92 Å². The summed E-state index contributed by atoms with van der Waals surface area (Å²) in [5.41, 5.74) is 1.71. The monoisotopic (exact) mass is 403 g/mol. The van der Waals surface area contributed by atoms with Gasteiger partial charge in [-0.25, -0.2) is 9.69 Å². The molecule has 0 aromatic rings. The maximum atomic E-state index is 12.8. The van der Waals surface area contributed by atoms with Crippen molar-refractivity contribution in [2.45, 2.75) is 64.4 Å². The number of aliphatic carboxylic acids is 1. The van der Waals surface area contributed by atoms with Gasteiger partial charge in [0, 0.05) is 18.4 Å². The average Bonchev–Trinajstić information content (AvgIpc) is 3.25. The van der Waals surface area contributed by atoms with E-state index in [0.717, 1.165) is 36.4 Å². The predicted molar refractivity (Wildman–Crippen MR) is 102 cm³/mol. The van der Waals surface area contributed by atoms with E-state index in [1.807, 2.05) is 18.6 Å². The number of rotatable bonds is 5. The summed E-state index contributed by atoms with van der Waals surface area (Å²) in [7, 11) is 0. The fourth-order valence-corrected chi connectivity index (χ4v) is 5.50. The van der Waals surface area contributed by atoms with Crippen molar-refractivity contribution in [2.75, 3.05) is 6.54 Å². The molecule has 156 valence electrons. The molecule has 0 radical (unpaired) electrons. The molecule has 4 aliphatic heterocycles. The van der Waals surface area contributed by atoms with Crippen molar-refractivity contribution in [3.8, 4) is 0 Å². The van der Waals surface area contributed by atoms with E-state index >= 15 is 0 Å². The third kappa shape index (κ3) is 3.20. The fraction of sp³-hybridized carbons (Fsp3) is 0.636. The predicted octanol–water partition coefficient (Wildman–Crippen LogP) is 1.06. The Bertz CT molecular complexity index is 801. The van der Waals surface area contributed by atoms with Gasteiger partial charge < -0.3 is 14.6 Å². The maximum Gasteiger partial charge on any atom is 0.336 e. The second kappa shape index (κ2) is 7.29. The molecule has 7 heteroatoms. The molecule has 2 saturated heterocycles. The summed E-state index contributed by atoms with van der Waals surface area (Å²) in [6.07, 6.45) is 8.29. The van der Waals surface area contributed by atoms with E-state index in [1.165, 1.54) is 0 Å². The Hall–Kier alpha value is -2.12. The molecule has 4 aliphatic rings. The summed E-state index contributed by atoms with van der Waals surface area (Å²) in [6.45, 7) is 6.21. The van der Waals surface area contributed by atoms with Gasteiger partial charge in [-0.15, -0.1) is 0 Å². The first-order valence-corrected chi connectivity index (χ1v) is 10.5. The largest absolute Gasteiger partial charge is 0.481 e. The summed E-state index contributed by atoms with van der Waals surface area (Å²) in [4.78, 5) is 37.2. The van der Waals surface area contributed by atoms with Gasteiger partial charge in [0.2, 0.25) is 23.3 Å². The van der Waals surface area contributed by atoms with Crippen molar-refractivity contribution in [1.29, 1.82) is 0 Å². The molecule has 7 nitrogen and oxygen atoms in total. The molecule has 2 N–H and O–H groups in total. The highest BCUT2D eigenvalue weighted by Gasteiger charge is 2.65. The second-order valence-electron chi connectivity index (χ2n) is 8.75. The van der Waals surface area contributed by atoms with E-state index in [0.29, 0.717) is 5.57 Å². The van der Waals surface area contributed by atoms with Crippen LogP contribution in [0.15, 0.2) is 23.4 Å². The van der Waals surface area contributed by atoms with Gasteiger partial charge in [0.25, 0.3) is 0 Å². The number of fused-ring (bicyclic) bond motifs is 3. The van der Waals surface area contributed by atoms with Crippen LogP contribution in [-0.4, -0.2) is 47.3 Å². The molecule has 4 rings (SSSR count). The molecule has 2 fully saturated rings. The number of ketones is 1. The Labute approximate surface area is 170 Å². The van der Waals surface area contributed by atoms with Gasteiger partial charge in [-0.05, 0) is 25.8 Å². The summed E-state index contributed by atoms with van der Waals surface area (Å²) >= 11 is 0. The van der Waals surface area contributed by atoms with Crippen molar-refractivity contribution < 1.29 is 33.9 Å². The van der Waals surface area contributed by atoms with Crippen molar-refractivity contribution in [2.24, 2.45) is 17.8 Å². The third-order valence-corrected chi connectivity index (χ3v) is 6.90. The number of carbonyl (C=O) groups is 3. The van der Waals surface area contributed by atoms with Crippen LogP contribution in [0.2, 0.25) is 0 Å². The van der Waals surface area contributed by atoms with Crippen LogP contribution in [0, 0.1) is 24.2 Å². The lowest BCUT2D eigenvalue weighted by molar-refractivity contribution is -0.870. The van der Waals surface area contributed by atoms with Gasteiger partial charge in [0.1, 0.15) is 12.3 Å². The molecular weight excluding hydrogens is 374 g/mol. The minimum Gasteiger partial charge on any atom is -0.481 e. The van der Waals surface area contributed by atoms with Crippen molar-refractivity contribution in [1.82, 2.24) is 0 Å². The molecule has 7 unspecified atom stereocenters. The molecule has 0 saturated carbocycles. The molecule has 1 spiro atoms. The quantitative estimate of drug-likeness (QED) is 0.527. The number of hydrogen-bond donors (Lipinski definition) is 2. The number of nitrogens with one attached hydrogen (secondary N) is 1. The molecule has 7 atom stereocenters. The van der Waals surface area contributed by atoms with Crippen molar-refractivity contribution in [3.05, 3.63) is 29.8 Å². The van der Waals surface area contributed by atoms with E-state index < -0.39 is 17.7 Å². The van der Waals surface area contributed by atoms with Crippen LogP contribution in [0.3, 0.4) is 0 Å². The highest BCUT2D eigenvalue weighted by atomic mass is 16.7. The molecule has 4 heterocycles. The summed E-state index contributed by atoms with van der Waals surface area (Å²) in [6, 6.07) is -0.344. The number of quaternary nitrogens is 1. The number of Topliss-reactive ketones (excluding diaryl/α,β-unsaturated/α-hetero) is 1. The zero-order chi connectivity index (χ0) is 20.9. The van der Waals surface area contributed by atoms with E-state index in [9.17, 15) is 14.4 Å². The highest BCUT2D eigenvalue weighted by Crippen LogP contribution is 2.51. The first-order valence-electron chi connectivity index (χ1n) is 10.5. The molecule has 0 bridgehead atoms. The summed E-state index contributed by atoms with van der Waals surface area (Å²) in [5.74, 6) is -2.94. The minimum atomic E-state index is -1.01. The van der Waals surface area contributed by atoms with Crippen LogP contribution < -0.4 is 4.90 Å². The van der Waals surface area contributed by atoms with Gasteiger partial charge in [-0.3, -0.25) is 9.59 Å². The van der Waals surface area contributed by atoms with Crippen LogP contribution in [0.1, 0.15) is 46.5 Å². The topological polar surface area (TPSA) is 94.3 Å². The standard InChI is InChI=1S/C22H27NO6/c1-4-14-19-16-8-7-15(17(24)10-12(2)20(25)26)23(16)9-5-6-18(19)28-22(14)11-13(3)21(27)29-22/h7-8,11-12,14-15,18-19H,4-6,9-10H2,1-3H3/p+2. The number of esters is 1. The molecule has 0 aromatic carbocycles. The lowest BCUT2D eigenvalue weighted by Crippen LogP contribution is -3.14. The first kappa shape index (κ1) is 20.2. The number of ether oxygens (including phenoxy) is 2. The zero-order valence-corrected chi connectivity index (χ0v) is 17.1. The van der Waals surface area contributed by atoms with E-state index in [4.69, 9.17) is 14.6 Å². The van der Waals surface area contributed by atoms with Gasteiger partial charge >= 0.3 is 11.9 Å². The average molecular weight is 403 g/mol. The normalized spacial score (nSPS) is 39.0. The molecule has 0 aromatic heterocycles. The highest BCUT2D eigenvalue weighted by molar-refractivity contribution is 5.91. The van der Waals surface area contributed by atoms with E-state index in [1.54, 1.807) is 13.8 Å². The van der Waals surface area contributed by atoms with Crippen LogP contribution in [0.5, 0.6) is 0 Å². The number of hydrogen-bond acceptors (Lipinski definition) is 5. The smallest absolute Gasteiger partial charge is 0.336 e. The van der Waals surface area contributed by atoms with E-state index in [-0.39, 0.29) is 42.2 Å². The number of carboxylic acids is 1. The summed E-state index contributed by atoms with van der Waals surface area (Å²) < 4.78 is 12.1. The number of carboxylic acid groups (broad SMARTS) is 1. The molecule has 29 heavy (non-hydrogen) atoms. The lowest BCUT2D eigenvalue weighted by Gasteiger charge is -2.28. The van der Waals surface area contributed by atoms with Crippen LogP contribution in [-0.2, 0) is 23.9 Å². The zero-order valence-electron chi connectivity index (χ0n) is 17.1. The Kier molecular flexibility index (Phi) is 5.07. The molecular formula is C22H29NO6+2. The van der Waals surface area contributed by atoms with Crippen molar-refractivity contribution in [3.63, 3.8) is 0 Å². The lowest BCUT2D eigenvalue weighted by atomic mass is 9.80. The Morgan fingerprint density at radius 1 is 1.45 bits per heavy atom.